The molecule has 0 radical (unpaired) electrons. The van der Waals surface area contributed by atoms with Gasteiger partial charge in [-0.25, -0.2) is 4.39 Å². The van der Waals surface area contributed by atoms with Crippen LogP contribution in [0.3, 0.4) is 0 Å². The molecule has 0 aromatic heterocycles. The highest BCUT2D eigenvalue weighted by atomic mass is 35.5. The summed E-state index contributed by atoms with van der Waals surface area (Å²) < 4.78 is 13.6. The Morgan fingerprint density at radius 2 is 1.94 bits per heavy atom. The van der Waals surface area contributed by atoms with Gasteiger partial charge in [-0.1, -0.05) is 11.6 Å². The van der Waals surface area contributed by atoms with Gasteiger partial charge >= 0.3 is 0 Å². The van der Waals surface area contributed by atoms with Gasteiger partial charge in [-0.2, -0.15) is 0 Å². The highest BCUT2D eigenvalue weighted by Gasteiger charge is 2.21. The first-order valence-corrected chi connectivity index (χ1v) is 6.34. The van der Waals surface area contributed by atoms with Gasteiger partial charge in [0, 0.05) is 42.3 Å². The van der Waals surface area contributed by atoms with E-state index in [2.05, 4.69) is 24.1 Å². The highest BCUT2D eigenvalue weighted by molar-refractivity contribution is 6.30. The molecule has 18 heavy (non-hydrogen) atoms. The summed E-state index contributed by atoms with van der Waals surface area (Å²) in [6, 6.07) is 5.63. The molecule has 1 aromatic carbocycles. The largest absolute Gasteiger partial charge is 0.309 e. The number of hydrogen-bond donors (Lipinski definition) is 1. The van der Waals surface area contributed by atoms with E-state index in [1.165, 1.54) is 6.07 Å². The summed E-state index contributed by atoms with van der Waals surface area (Å²) in [6.45, 7) is 6.81. The van der Waals surface area contributed by atoms with Crippen molar-refractivity contribution >= 4 is 24.0 Å². The number of nitrogens with one attached hydrogen (secondary N) is 1. The molecule has 102 valence electrons. The van der Waals surface area contributed by atoms with Crippen molar-refractivity contribution in [3.05, 3.63) is 34.6 Å². The lowest BCUT2D eigenvalue weighted by Crippen LogP contribution is -2.53. The molecule has 2 atom stereocenters. The first-order chi connectivity index (χ1) is 8.04. The van der Waals surface area contributed by atoms with Crippen LogP contribution in [0.15, 0.2) is 18.2 Å². The van der Waals surface area contributed by atoms with Crippen molar-refractivity contribution in [3.8, 4) is 0 Å². The molecule has 1 heterocycles. The summed E-state index contributed by atoms with van der Waals surface area (Å²) in [5, 5.41) is 4.05. The van der Waals surface area contributed by atoms with Crippen molar-refractivity contribution in [1.29, 1.82) is 0 Å². The Bertz CT molecular complexity index is 391. The van der Waals surface area contributed by atoms with Crippen molar-refractivity contribution in [2.75, 3.05) is 13.1 Å². The molecule has 0 amide bonds. The van der Waals surface area contributed by atoms with Gasteiger partial charge < -0.3 is 5.32 Å². The Labute approximate surface area is 119 Å². The number of benzene rings is 1. The standard InChI is InChI=1S/C13H18ClFN2.ClH/c1-9-6-17(7-10(2)16-9)8-11-5-12(14)3-4-13(11)15;/h3-5,9-10,16H,6-8H2,1-2H3;1H. The third-order valence-corrected chi connectivity index (χ3v) is 3.27. The summed E-state index contributed by atoms with van der Waals surface area (Å²) in [6.07, 6.45) is 0. The van der Waals surface area contributed by atoms with E-state index < -0.39 is 0 Å². The molecule has 0 saturated carbocycles. The average Bonchev–Trinajstić information content (AvgIpc) is 2.22. The van der Waals surface area contributed by atoms with E-state index in [9.17, 15) is 4.39 Å². The van der Waals surface area contributed by atoms with Crippen LogP contribution in [0, 0.1) is 5.82 Å². The van der Waals surface area contributed by atoms with Crippen LogP contribution < -0.4 is 5.32 Å². The fourth-order valence-corrected chi connectivity index (χ4v) is 2.67. The third kappa shape index (κ3) is 4.09. The van der Waals surface area contributed by atoms with Crippen molar-refractivity contribution in [1.82, 2.24) is 10.2 Å². The first kappa shape index (κ1) is 15.7. The fourth-order valence-electron chi connectivity index (χ4n) is 2.47. The van der Waals surface area contributed by atoms with Crippen LogP contribution in [0.1, 0.15) is 19.4 Å². The molecule has 1 aromatic rings. The number of hydrogen-bond acceptors (Lipinski definition) is 2. The molecule has 1 saturated heterocycles. The van der Waals surface area contributed by atoms with Gasteiger partial charge in [-0.3, -0.25) is 4.90 Å². The van der Waals surface area contributed by atoms with Gasteiger partial charge in [-0.15, -0.1) is 12.4 Å². The molecule has 0 spiro atoms. The zero-order valence-electron chi connectivity index (χ0n) is 10.6. The highest BCUT2D eigenvalue weighted by Crippen LogP contribution is 2.18. The van der Waals surface area contributed by atoms with Crippen molar-refractivity contribution in [2.45, 2.75) is 32.5 Å². The van der Waals surface area contributed by atoms with Crippen molar-refractivity contribution in [2.24, 2.45) is 0 Å². The normalized spacial score (nSPS) is 24.7. The van der Waals surface area contributed by atoms with Gasteiger partial charge in [0.05, 0.1) is 0 Å². The fraction of sp³-hybridized carbons (Fsp3) is 0.538. The maximum Gasteiger partial charge on any atom is 0.127 e. The van der Waals surface area contributed by atoms with E-state index in [4.69, 9.17) is 11.6 Å². The maximum absolute atomic E-state index is 13.6. The molecule has 0 bridgehead atoms. The summed E-state index contributed by atoms with van der Waals surface area (Å²) >= 11 is 5.89. The van der Waals surface area contributed by atoms with E-state index in [-0.39, 0.29) is 18.2 Å². The zero-order valence-corrected chi connectivity index (χ0v) is 12.2. The Morgan fingerprint density at radius 3 is 2.56 bits per heavy atom. The Kier molecular flexibility index (Phi) is 5.86. The summed E-state index contributed by atoms with van der Waals surface area (Å²) in [5.41, 5.74) is 0.679. The summed E-state index contributed by atoms with van der Waals surface area (Å²) in [7, 11) is 0. The van der Waals surface area contributed by atoms with E-state index in [1.54, 1.807) is 12.1 Å². The first-order valence-electron chi connectivity index (χ1n) is 5.97. The molecule has 5 heteroatoms. The molecule has 1 aliphatic rings. The predicted molar refractivity (Wildman–Crippen MR) is 76.0 cm³/mol. The quantitative estimate of drug-likeness (QED) is 0.901. The molecule has 2 unspecified atom stereocenters. The smallest absolute Gasteiger partial charge is 0.127 e. The topological polar surface area (TPSA) is 15.3 Å². The van der Waals surface area contributed by atoms with Gasteiger partial charge in [0.15, 0.2) is 0 Å². The van der Waals surface area contributed by atoms with Gasteiger partial charge in [0.2, 0.25) is 0 Å². The number of rotatable bonds is 2. The average molecular weight is 293 g/mol. The van der Waals surface area contributed by atoms with Crippen LogP contribution in [0.4, 0.5) is 4.39 Å². The number of nitrogens with zero attached hydrogens (tertiary/aromatic N) is 1. The molecule has 0 aliphatic carbocycles. The van der Waals surface area contributed by atoms with Crippen LogP contribution in [0.5, 0.6) is 0 Å². The van der Waals surface area contributed by atoms with Gasteiger partial charge in [-0.05, 0) is 32.0 Å². The SMILES string of the molecule is CC1CN(Cc2cc(Cl)ccc2F)CC(C)N1.Cl. The molecule has 1 fully saturated rings. The van der Waals surface area contributed by atoms with Crippen LogP contribution in [0.25, 0.3) is 0 Å². The van der Waals surface area contributed by atoms with Crippen molar-refractivity contribution < 1.29 is 4.39 Å². The van der Waals surface area contributed by atoms with E-state index in [0.717, 1.165) is 13.1 Å². The Hall–Kier alpha value is -0.350. The number of piperazine rings is 1. The molecular weight excluding hydrogens is 274 g/mol. The summed E-state index contributed by atoms with van der Waals surface area (Å²) in [5.74, 6) is -0.173. The zero-order chi connectivity index (χ0) is 12.4. The van der Waals surface area contributed by atoms with Crippen LogP contribution in [-0.4, -0.2) is 30.1 Å². The van der Waals surface area contributed by atoms with Gasteiger partial charge in [0.1, 0.15) is 5.82 Å². The second kappa shape index (κ2) is 6.71. The lowest BCUT2D eigenvalue weighted by Gasteiger charge is -2.36. The van der Waals surface area contributed by atoms with Crippen LogP contribution in [-0.2, 0) is 6.54 Å². The monoisotopic (exact) mass is 292 g/mol. The molecule has 2 nitrogen and oxygen atoms in total. The Morgan fingerprint density at radius 1 is 1.33 bits per heavy atom. The maximum atomic E-state index is 13.6. The van der Waals surface area contributed by atoms with E-state index in [1.807, 2.05) is 0 Å². The minimum absolute atomic E-state index is 0. The lowest BCUT2D eigenvalue weighted by molar-refractivity contribution is 0.165. The minimum atomic E-state index is -0.173. The second-order valence-corrected chi connectivity index (χ2v) is 5.34. The lowest BCUT2D eigenvalue weighted by atomic mass is 10.1. The molecule has 1 N–H and O–H groups in total. The minimum Gasteiger partial charge on any atom is -0.309 e. The van der Waals surface area contributed by atoms with Crippen molar-refractivity contribution in [3.63, 3.8) is 0 Å². The van der Waals surface area contributed by atoms with Gasteiger partial charge in [0.25, 0.3) is 0 Å². The summed E-state index contributed by atoms with van der Waals surface area (Å²) in [4.78, 5) is 2.26. The molecule has 2 rings (SSSR count). The third-order valence-electron chi connectivity index (χ3n) is 3.03. The second-order valence-electron chi connectivity index (χ2n) is 4.90. The van der Waals surface area contributed by atoms with Crippen LogP contribution in [0.2, 0.25) is 5.02 Å². The van der Waals surface area contributed by atoms with E-state index in [0.29, 0.717) is 29.2 Å². The predicted octanol–water partition coefficient (Wildman–Crippen LogP) is 3.08. The molecular formula is C13H19Cl2FN2. The Balaban J connectivity index is 0.00000162. The molecule has 1 aliphatic heterocycles. The van der Waals surface area contributed by atoms with E-state index >= 15 is 0 Å². The van der Waals surface area contributed by atoms with Crippen LogP contribution >= 0.6 is 24.0 Å². The number of halogens is 3.